The number of benzene rings is 2. The van der Waals surface area contributed by atoms with Crippen LogP contribution in [0.3, 0.4) is 0 Å². The Bertz CT molecular complexity index is 932. The Morgan fingerprint density at radius 3 is 2.30 bits per heavy atom. The molecule has 2 aromatic carbocycles. The molecule has 2 unspecified atom stereocenters. The normalized spacial score (nSPS) is 27.3. The lowest BCUT2D eigenvalue weighted by molar-refractivity contribution is -0.140. The second kappa shape index (κ2) is 8.08. The molecule has 0 bridgehead atoms. The molecule has 164 valence electrons. The van der Waals surface area contributed by atoms with E-state index in [0.717, 1.165) is 38.2 Å². The predicted molar refractivity (Wildman–Crippen MR) is 105 cm³/mol. The summed E-state index contributed by atoms with van der Waals surface area (Å²) in [5.41, 5.74) is -1.53. The van der Waals surface area contributed by atoms with E-state index >= 15 is 0 Å². The molecule has 0 nitrogen and oxygen atoms in total. The van der Waals surface area contributed by atoms with E-state index in [2.05, 4.69) is 6.92 Å². The van der Waals surface area contributed by atoms with E-state index in [1.165, 1.54) is 12.5 Å². The highest BCUT2D eigenvalue weighted by Gasteiger charge is 2.43. The number of rotatable bonds is 3. The van der Waals surface area contributed by atoms with Crippen LogP contribution in [0.15, 0.2) is 18.2 Å². The van der Waals surface area contributed by atoms with E-state index in [1.807, 2.05) is 0 Å². The van der Waals surface area contributed by atoms with E-state index < -0.39 is 40.5 Å². The maximum Gasteiger partial charge on any atom is 0.419 e. The summed E-state index contributed by atoms with van der Waals surface area (Å²) < 4.78 is 84.3. The Labute approximate surface area is 172 Å². The van der Waals surface area contributed by atoms with Crippen LogP contribution in [0.25, 0.3) is 10.8 Å². The molecule has 2 aliphatic rings. The lowest BCUT2D eigenvalue weighted by Gasteiger charge is -2.43. The molecule has 0 saturated heterocycles. The Hall–Kier alpha value is -1.72. The molecule has 0 spiro atoms. The van der Waals surface area contributed by atoms with E-state index in [4.69, 9.17) is 0 Å². The van der Waals surface area contributed by atoms with Crippen molar-refractivity contribution in [1.82, 2.24) is 0 Å². The Balaban J connectivity index is 1.72. The van der Waals surface area contributed by atoms with Gasteiger partial charge in [0.05, 0.1) is 10.9 Å². The first-order valence-corrected chi connectivity index (χ1v) is 10.9. The van der Waals surface area contributed by atoms with Crippen LogP contribution in [0.4, 0.5) is 26.3 Å². The van der Waals surface area contributed by atoms with Crippen molar-refractivity contribution in [1.29, 1.82) is 0 Å². The molecular formula is C24H26F6. The third-order valence-corrected chi connectivity index (χ3v) is 7.27. The first kappa shape index (κ1) is 21.5. The highest BCUT2D eigenvalue weighted by Crippen LogP contribution is 2.51. The van der Waals surface area contributed by atoms with Crippen LogP contribution >= 0.6 is 0 Å². The molecule has 0 heterocycles. The summed E-state index contributed by atoms with van der Waals surface area (Å²) in [6.45, 7) is 2.17. The topological polar surface area (TPSA) is 0 Å². The first-order valence-electron chi connectivity index (χ1n) is 10.9. The van der Waals surface area contributed by atoms with Crippen molar-refractivity contribution < 1.29 is 26.3 Å². The largest absolute Gasteiger partial charge is 0.419 e. The molecule has 0 N–H and O–H groups in total. The molecule has 30 heavy (non-hydrogen) atoms. The molecule has 4 atom stereocenters. The quantitative estimate of drug-likeness (QED) is 0.431. The maximum atomic E-state index is 15.0. The summed E-state index contributed by atoms with van der Waals surface area (Å²) in [6.07, 6.45) is 2.55. The minimum Gasteiger partial charge on any atom is -0.207 e. The number of alkyl halides is 3. The fourth-order valence-electron chi connectivity index (χ4n) is 5.98. The van der Waals surface area contributed by atoms with Crippen LogP contribution in [-0.2, 0) is 6.18 Å². The van der Waals surface area contributed by atoms with Crippen LogP contribution in [0.1, 0.15) is 75.3 Å². The third-order valence-electron chi connectivity index (χ3n) is 7.27. The Morgan fingerprint density at radius 2 is 1.60 bits per heavy atom. The van der Waals surface area contributed by atoms with Gasteiger partial charge in [0.2, 0.25) is 0 Å². The van der Waals surface area contributed by atoms with Crippen LogP contribution < -0.4 is 0 Å². The van der Waals surface area contributed by atoms with Crippen molar-refractivity contribution in [3.8, 4) is 0 Å². The van der Waals surface area contributed by atoms with Gasteiger partial charge in [0.1, 0.15) is 17.5 Å². The summed E-state index contributed by atoms with van der Waals surface area (Å²) in [5.74, 6) is -2.76. The van der Waals surface area contributed by atoms with Gasteiger partial charge >= 0.3 is 6.18 Å². The summed E-state index contributed by atoms with van der Waals surface area (Å²) >= 11 is 0. The first-order chi connectivity index (χ1) is 14.2. The molecule has 2 fully saturated rings. The smallest absolute Gasteiger partial charge is 0.207 e. The fraction of sp³-hybridized carbons (Fsp3) is 0.583. The van der Waals surface area contributed by atoms with Gasteiger partial charge in [0.15, 0.2) is 0 Å². The zero-order chi connectivity index (χ0) is 21.6. The molecule has 6 heteroatoms. The highest BCUT2D eigenvalue weighted by atomic mass is 19.4. The zero-order valence-electron chi connectivity index (χ0n) is 17.0. The molecule has 0 radical (unpaired) electrons. The van der Waals surface area contributed by atoms with Gasteiger partial charge < -0.3 is 0 Å². The minimum absolute atomic E-state index is 0.147. The van der Waals surface area contributed by atoms with Crippen molar-refractivity contribution in [3.05, 3.63) is 46.8 Å². The summed E-state index contributed by atoms with van der Waals surface area (Å²) in [7, 11) is 0. The van der Waals surface area contributed by atoms with E-state index in [-0.39, 0.29) is 10.9 Å². The van der Waals surface area contributed by atoms with E-state index in [1.54, 1.807) is 0 Å². The number of halogens is 6. The summed E-state index contributed by atoms with van der Waals surface area (Å²) in [5, 5.41) is -0.942. The number of fused-ring (bicyclic) bond motifs is 2. The monoisotopic (exact) mass is 428 g/mol. The molecule has 0 aliphatic heterocycles. The van der Waals surface area contributed by atoms with Gasteiger partial charge in [-0.15, -0.1) is 0 Å². The number of hydrogen-bond acceptors (Lipinski definition) is 0. The highest BCUT2D eigenvalue weighted by molar-refractivity contribution is 5.86. The average Bonchev–Trinajstić information content (AvgIpc) is 2.65. The lowest BCUT2D eigenvalue weighted by Crippen LogP contribution is -2.31. The average molecular weight is 428 g/mol. The van der Waals surface area contributed by atoms with Gasteiger partial charge in [0, 0.05) is 6.07 Å². The Kier molecular flexibility index (Phi) is 5.80. The van der Waals surface area contributed by atoms with Crippen molar-refractivity contribution >= 4 is 10.8 Å². The Morgan fingerprint density at radius 1 is 0.900 bits per heavy atom. The second-order valence-electron chi connectivity index (χ2n) is 9.14. The van der Waals surface area contributed by atoms with Crippen molar-refractivity contribution in [2.75, 3.05) is 0 Å². The van der Waals surface area contributed by atoms with Gasteiger partial charge in [-0.25, -0.2) is 13.2 Å². The summed E-state index contributed by atoms with van der Waals surface area (Å²) in [6, 6.07) is 2.50. The van der Waals surface area contributed by atoms with Crippen molar-refractivity contribution in [2.24, 2.45) is 17.8 Å². The van der Waals surface area contributed by atoms with Gasteiger partial charge in [-0.1, -0.05) is 26.2 Å². The third kappa shape index (κ3) is 3.94. The van der Waals surface area contributed by atoms with E-state index in [0.29, 0.717) is 36.7 Å². The predicted octanol–water partition coefficient (Wildman–Crippen LogP) is 8.38. The molecule has 4 rings (SSSR count). The molecule has 2 aliphatic carbocycles. The molecule has 2 saturated carbocycles. The lowest BCUT2D eigenvalue weighted by atomic mass is 9.63. The van der Waals surface area contributed by atoms with Gasteiger partial charge in [-0.2, -0.15) is 13.2 Å². The van der Waals surface area contributed by atoms with Gasteiger partial charge in [-0.3, -0.25) is 0 Å². The van der Waals surface area contributed by atoms with Gasteiger partial charge in [-0.05, 0) is 78.9 Å². The van der Waals surface area contributed by atoms with Crippen molar-refractivity contribution in [3.63, 3.8) is 0 Å². The standard InChI is InChI=1S/C24H26F6/c1-2-3-13-4-5-15-9-16(7-6-14(15)8-13)19-11-17-10-18(25)12-20(26)21(17)23(27)22(19)24(28,29)30/h10-16H,2-9H2,1H3/t13-,14?,15-,16?/m1/s1. The molecule has 0 amide bonds. The van der Waals surface area contributed by atoms with Crippen LogP contribution in [0.5, 0.6) is 0 Å². The van der Waals surface area contributed by atoms with Crippen molar-refractivity contribution in [2.45, 2.75) is 70.4 Å². The fourth-order valence-corrected chi connectivity index (χ4v) is 5.98. The maximum absolute atomic E-state index is 15.0. The van der Waals surface area contributed by atoms with Gasteiger partial charge in [0.25, 0.3) is 0 Å². The zero-order valence-corrected chi connectivity index (χ0v) is 17.0. The number of hydrogen-bond donors (Lipinski definition) is 0. The molecule has 2 aromatic rings. The summed E-state index contributed by atoms with van der Waals surface area (Å²) in [4.78, 5) is 0. The van der Waals surface area contributed by atoms with Crippen LogP contribution in [0, 0.1) is 35.2 Å². The van der Waals surface area contributed by atoms with E-state index in [9.17, 15) is 26.3 Å². The SMILES string of the molecule is CCC[C@@H]1CC[C@@H]2CC(c3cc4cc(F)cc(F)c4c(F)c3C(F)(F)F)CCC2C1. The molecule has 0 aromatic heterocycles. The minimum atomic E-state index is -4.94. The van der Waals surface area contributed by atoms with Crippen LogP contribution in [0.2, 0.25) is 0 Å². The van der Waals surface area contributed by atoms with Crippen LogP contribution in [-0.4, -0.2) is 0 Å². The second-order valence-corrected chi connectivity index (χ2v) is 9.14. The molecular weight excluding hydrogens is 402 g/mol.